The maximum absolute atomic E-state index is 11.8. The molecule has 0 unspecified atom stereocenters. The first-order valence-corrected chi connectivity index (χ1v) is 6.99. The van der Waals surface area contributed by atoms with Gasteiger partial charge in [0.25, 0.3) is 0 Å². The average molecular weight is 260 g/mol. The van der Waals surface area contributed by atoms with Gasteiger partial charge in [-0.05, 0) is 25.3 Å². The van der Waals surface area contributed by atoms with Crippen LogP contribution in [0.15, 0.2) is 18.5 Å². The third-order valence-corrected chi connectivity index (χ3v) is 4.18. The van der Waals surface area contributed by atoms with Crippen molar-refractivity contribution < 1.29 is 4.79 Å². The molecule has 0 spiro atoms. The van der Waals surface area contributed by atoms with Gasteiger partial charge in [-0.2, -0.15) is 0 Å². The summed E-state index contributed by atoms with van der Waals surface area (Å²) in [5, 5.41) is 0. The van der Waals surface area contributed by atoms with Crippen LogP contribution >= 0.6 is 0 Å². The third-order valence-electron chi connectivity index (χ3n) is 4.18. The number of hydrogen-bond donors (Lipinski definition) is 1. The molecule has 0 aliphatic carbocycles. The summed E-state index contributed by atoms with van der Waals surface area (Å²) in [6.45, 7) is 2.87. The molecule has 2 fully saturated rings. The second-order valence-corrected chi connectivity index (χ2v) is 5.34. The van der Waals surface area contributed by atoms with Crippen LogP contribution in [0.1, 0.15) is 25.7 Å². The van der Waals surface area contributed by atoms with Gasteiger partial charge in [0.15, 0.2) is 0 Å². The SMILES string of the molecule is Nc1cnccc1N1CCC(N2CCCC2=O)CC1. The summed E-state index contributed by atoms with van der Waals surface area (Å²) in [4.78, 5) is 20.2. The number of carbonyl (C=O) groups is 1. The second kappa shape index (κ2) is 5.07. The summed E-state index contributed by atoms with van der Waals surface area (Å²) in [7, 11) is 0. The number of anilines is 2. The van der Waals surface area contributed by atoms with E-state index in [-0.39, 0.29) is 0 Å². The number of aromatic nitrogens is 1. The van der Waals surface area contributed by atoms with E-state index in [1.54, 1.807) is 12.4 Å². The predicted molar refractivity (Wildman–Crippen MR) is 74.8 cm³/mol. The van der Waals surface area contributed by atoms with E-state index in [1.807, 2.05) is 6.07 Å². The lowest BCUT2D eigenvalue weighted by Crippen LogP contribution is -2.45. The molecule has 1 aromatic rings. The zero-order chi connectivity index (χ0) is 13.2. The number of piperidine rings is 1. The van der Waals surface area contributed by atoms with Crippen molar-refractivity contribution in [2.24, 2.45) is 0 Å². The predicted octanol–water partition coefficient (Wildman–Crippen LogP) is 1.25. The molecular weight excluding hydrogens is 240 g/mol. The Kier molecular flexibility index (Phi) is 3.27. The van der Waals surface area contributed by atoms with Crippen LogP contribution in [-0.4, -0.2) is 41.5 Å². The lowest BCUT2D eigenvalue weighted by Gasteiger charge is -2.38. The zero-order valence-corrected chi connectivity index (χ0v) is 11.1. The van der Waals surface area contributed by atoms with Gasteiger partial charge in [-0.15, -0.1) is 0 Å². The Morgan fingerprint density at radius 2 is 2.05 bits per heavy atom. The molecule has 0 bridgehead atoms. The Hall–Kier alpha value is -1.78. The molecule has 102 valence electrons. The number of nitrogen functional groups attached to an aromatic ring is 1. The van der Waals surface area contributed by atoms with E-state index in [0.717, 1.165) is 56.7 Å². The number of rotatable bonds is 2. The summed E-state index contributed by atoms with van der Waals surface area (Å²) in [6, 6.07) is 2.39. The van der Waals surface area contributed by atoms with Gasteiger partial charge in [-0.3, -0.25) is 9.78 Å². The van der Waals surface area contributed by atoms with Crippen molar-refractivity contribution >= 4 is 17.3 Å². The van der Waals surface area contributed by atoms with Gasteiger partial charge in [0, 0.05) is 38.3 Å². The topological polar surface area (TPSA) is 62.5 Å². The molecule has 2 N–H and O–H groups in total. The fourth-order valence-electron chi connectivity index (χ4n) is 3.16. The number of nitrogens with zero attached hydrogens (tertiary/aromatic N) is 3. The molecule has 3 heterocycles. The Bertz CT molecular complexity index is 468. The molecule has 5 nitrogen and oxygen atoms in total. The minimum absolute atomic E-state index is 0.335. The van der Waals surface area contributed by atoms with Crippen molar-refractivity contribution in [1.82, 2.24) is 9.88 Å². The van der Waals surface area contributed by atoms with Gasteiger partial charge in [-0.1, -0.05) is 0 Å². The maximum Gasteiger partial charge on any atom is 0.222 e. The zero-order valence-electron chi connectivity index (χ0n) is 11.1. The molecule has 0 atom stereocenters. The van der Waals surface area contributed by atoms with Crippen LogP contribution in [-0.2, 0) is 4.79 Å². The highest BCUT2D eigenvalue weighted by Crippen LogP contribution is 2.28. The molecule has 2 aliphatic rings. The fourth-order valence-corrected chi connectivity index (χ4v) is 3.16. The van der Waals surface area contributed by atoms with Gasteiger partial charge < -0.3 is 15.5 Å². The van der Waals surface area contributed by atoms with Crippen LogP contribution in [0.3, 0.4) is 0 Å². The second-order valence-electron chi connectivity index (χ2n) is 5.34. The number of pyridine rings is 1. The Labute approximate surface area is 113 Å². The first-order valence-electron chi connectivity index (χ1n) is 6.99. The number of hydrogen-bond acceptors (Lipinski definition) is 4. The Balaban J connectivity index is 1.63. The van der Waals surface area contributed by atoms with E-state index in [2.05, 4.69) is 14.8 Å². The van der Waals surface area contributed by atoms with Crippen LogP contribution in [0.4, 0.5) is 11.4 Å². The third kappa shape index (κ3) is 2.37. The summed E-state index contributed by atoms with van der Waals surface area (Å²) in [6.07, 6.45) is 7.31. The summed E-state index contributed by atoms with van der Waals surface area (Å²) in [5.41, 5.74) is 7.77. The molecule has 19 heavy (non-hydrogen) atoms. The lowest BCUT2D eigenvalue weighted by molar-refractivity contribution is -0.130. The van der Waals surface area contributed by atoms with E-state index in [1.165, 1.54) is 0 Å². The van der Waals surface area contributed by atoms with E-state index < -0.39 is 0 Å². The van der Waals surface area contributed by atoms with E-state index >= 15 is 0 Å². The highest BCUT2D eigenvalue weighted by atomic mass is 16.2. The quantitative estimate of drug-likeness (QED) is 0.869. The molecule has 0 radical (unpaired) electrons. The smallest absolute Gasteiger partial charge is 0.222 e. The van der Waals surface area contributed by atoms with Crippen LogP contribution in [0.2, 0.25) is 0 Å². The van der Waals surface area contributed by atoms with E-state index in [4.69, 9.17) is 5.73 Å². The molecule has 2 saturated heterocycles. The molecule has 3 rings (SSSR count). The molecular formula is C14H20N4O. The fraction of sp³-hybridized carbons (Fsp3) is 0.571. The average Bonchev–Trinajstić information content (AvgIpc) is 2.86. The van der Waals surface area contributed by atoms with Gasteiger partial charge in [0.1, 0.15) is 0 Å². The first kappa shape index (κ1) is 12.3. The van der Waals surface area contributed by atoms with Crippen LogP contribution in [0.5, 0.6) is 0 Å². The van der Waals surface area contributed by atoms with Gasteiger partial charge in [0.2, 0.25) is 5.91 Å². The molecule has 0 aromatic carbocycles. The summed E-state index contributed by atoms with van der Waals surface area (Å²) in [5.74, 6) is 0.335. The highest BCUT2D eigenvalue weighted by molar-refractivity contribution is 5.78. The first-order chi connectivity index (χ1) is 9.25. The number of carbonyl (C=O) groups excluding carboxylic acids is 1. The minimum atomic E-state index is 0.335. The molecule has 1 amide bonds. The minimum Gasteiger partial charge on any atom is -0.396 e. The molecule has 0 saturated carbocycles. The van der Waals surface area contributed by atoms with Gasteiger partial charge in [0.05, 0.1) is 17.6 Å². The maximum atomic E-state index is 11.8. The number of likely N-dealkylation sites (tertiary alicyclic amines) is 1. The largest absolute Gasteiger partial charge is 0.396 e. The van der Waals surface area contributed by atoms with Crippen LogP contribution < -0.4 is 10.6 Å². The van der Waals surface area contributed by atoms with E-state index in [9.17, 15) is 4.79 Å². The number of nitrogens with two attached hydrogens (primary N) is 1. The molecule has 1 aromatic heterocycles. The van der Waals surface area contributed by atoms with Crippen molar-refractivity contribution in [2.45, 2.75) is 31.7 Å². The summed E-state index contributed by atoms with van der Waals surface area (Å²) >= 11 is 0. The van der Waals surface area contributed by atoms with Crippen molar-refractivity contribution in [3.05, 3.63) is 18.5 Å². The number of amides is 1. The van der Waals surface area contributed by atoms with Gasteiger partial charge in [-0.25, -0.2) is 0 Å². The normalized spacial score (nSPS) is 21.2. The van der Waals surface area contributed by atoms with Crippen LogP contribution in [0.25, 0.3) is 0 Å². The van der Waals surface area contributed by atoms with Crippen LogP contribution in [0, 0.1) is 0 Å². The van der Waals surface area contributed by atoms with Gasteiger partial charge >= 0.3 is 0 Å². The highest BCUT2D eigenvalue weighted by Gasteiger charge is 2.30. The standard InChI is InChI=1S/C14H20N4O/c15-12-10-16-6-3-13(12)17-8-4-11(5-9-17)18-7-1-2-14(18)19/h3,6,10-11H,1-2,4-5,7-9,15H2. The Morgan fingerprint density at radius 3 is 2.68 bits per heavy atom. The lowest BCUT2D eigenvalue weighted by atomic mass is 10.0. The van der Waals surface area contributed by atoms with Crippen molar-refractivity contribution in [3.8, 4) is 0 Å². The molecule has 5 heteroatoms. The van der Waals surface area contributed by atoms with Crippen molar-refractivity contribution in [3.63, 3.8) is 0 Å². The summed E-state index contributed by atoms with van der Waals surface area (Å²) < 4.78 is 0. The monoisotopic (exact) mass is 260 g/mol. The van der Waals surface area contributed by atoms with Crippen molar-refractivity contribution in [2.75, 3.05) is 30.3 Å². The van der Waals surface area contributed by atoms with Crippen molar-refractivity contribution in [1.29, 1.82) is 0 Å². The van der Waals surface area contributed by atoms with E-state index in [0.29, 0.717) is 11.9 Å². The Morgan fingerprint density at radius 1 is 1.26 bits per heavy atom. The molecule has 2 aliphatic heterocycles.